The third kappa shape index (κ3) is 1.60. The van der Waals surface area contributed by atoms with Gasteiger partial charge in [-0.3, -0.25) is 0 Å². The Hall–Kier alpha value is -0.990. The molecule has 4 bridgehead atoms. The fourth-order valence-corrected chi connectivity index (χ4v) is 4.61. The molecular formula is C16H24N2O. The molecule has 0 aromatic carbocycles. The molecule has 4 atom stereocenters. The number of fused-ring (bicyclic) bond motifs is 1. The van der Waals surface area contributed by atoms with Crippen molar-refractivity contribution in [3.63, 3.8) is 0 Å². The van der Waals surface area contributed by atoms with Crippen LogP contribution in [-0.4, -0.2) is 29.6 Å². The van der Waals surface area contributed by atoms with E-state index in [9.17, 15) is 4.79 Å². The fourth-order valence-electron chi connectivity index (χ4n) is 4.61. The molecule has 3 saturated carbocycles. The van der Waals surface area contributed by atoms with Crippen LogP contribution in [0.3, 0.4) is 0 Å². The molecule has 3 heteroatoms. The average Bonchev–Trinajstić information content (AvgIpc) is 2.72. The van der Waals surface area contributed by atoms with E-state index >= 15 is 0 Å². The van der Waals surface area contributed by atoms with Gasteiger partial charge >= 0.3 is 6.03 Å². The first kappa shape index (κ1) is 11.8. The van der Waals surface area contributed by atoms with Crippen molar-refractivity contribution in [3.05, 3.63) is 11.6 Å². The van der Waals surface area contributed by atoms with Gasteiger partial charge in [-0.15, -0.1) is 0 Å². The number of nitrogens with one attached hydrogen (secondary N) is 1. The second-order valence-electron chi connectivity index (χ2n) is 8.04. The molecule has 5 aliphatic carbocycles. The number of hydrogen-bond acceptors (Lipinski definition) is 1. The summed E-state index contributed by atoms with van der Waals surface area (Å²) in [5.41, 5.74) is 1.83. The molecule has 1 N–H and O–H groups in total. The second kappa shape index (κ2) is 3.56. The molecule has 0 spiro atoms. The highest BCUT2D eigenvalue weighted by Crippen LogP contribution is 2.57. The first-order chi connectivity index (χ1) is 8.93. The molecule has 0 aromatic heterocycles. The summed E-state index contributed by atoms with van der Waals surface area (Å²) in [6, 6.07) is 0.825. The highest BCUT2D eigenvalue weighted by Gasteiger charge is 2.52. The number of carbonyl (C=O) groups excluding carboxylic acids is 1. The summed E-state index contributed by atoms with van der Waals surface area (Å²) < 4.78 is 0. The van der Waals surface area contributed by atoms with Crippen LogP contribution in [0, 0.1) is 23.2 Å². The summed E-state index contributed by atoms with van der Waals surface area (Å²) in [6.45, 7) is 7.51. The van der Waals surface area contributed by atoms with Crippen LogP contribution in [0.4, 0.5) is 4.79 Å². The average molecular weight is 260 g/mol. The Bertz CT molecular complexity index is 448. The van der Waals surface area contributed by atoms with Crippen LogP contribution >= 0.6 is 0 Å². The minimum absolute atomic E-state index is 0.146. The predicted octanol–water partition coefficient (Wildman–Crippen LogP) is 2.78. The van der Waals surface area contributed by atoms with Crippen LogP contribution in [0.1, 0.15) is 40.0 Å². The maximum absolute atomic E-state index is 12.3. The Morgan fingerprint density at radius 3 is 2.37 bits per heavy atom. The summed E-state index contributed by atoms with van der Waals surface area (Å²) in [5, 5.41) is 3.18. The van der Waals surface area contributed by atoms with E-state index in [0.29, 0.717) is 6.04 Å². The van der Waals surface area contributed by atoms with Crippen LogP contribution in [0.2, 0.25) is 0 Å². The van der Waals surface area contributed by atoms with Crippen molar-refractivity contribution in [2.75, 3.05) is 6.54 Å². The Kier molecular flexibility index (Phi) is 2.21. The minimum atomic E-state index is 0.146. The smallest absolute Gasteiger partial charge is 0.318 e. The van der Waals surface area contributed by atoms with Gasteiger partial charge < -0.3 is 10.2 Å². The molecule has 6 rings (SSSR count). The molecule has 3 unspecified atom stereocenters. The van der Waals surface area contributed by atoms with E-state index in [1.807, 2.05) is 0 Å². The van der Waals surface area contributed by atoms with Crippen LogP contribution in [0.15, 0.2) is 11.6 Å². The number of hydrogen-bond donors (Lipinski definition) is 1. The van der Waals surface area contributed by atoms with E-state index in [1.54, 1.807) is 5.57 Å². The molecule has 4 fully saturated rings. The number of allylic oxidation sites excluding steroid dienone is 1. The van der Waals surface area contributed by atoms with Gasteiger partial charge in [-0.25, -0.2) is 4.79 Å². The minimum Gasteiger partial charge on any atom is -0.333 e. The van der Waals surface area contributed by atoms with E-state index < -0.39 is 0 Å². The van der Waals surface area contributed by atoms with Gasteiger partial charge in [-0.2, -0.15) is 0 Å². The van der Waals surface area contributed by atoms with Crippen molar-refractivity contribution >= 4 is 6.03 Å². The zero-order valence-corrected chi connectivity index (χ0v) is 12.1. The molecule has 104 valence electrons. The highest BCUT2D eigenvalue weighted by molar-refractivity contribution is 5.78. The number of rotatable bonds is 1. The van der Waals surface area contributed by atoms with Crippen molar-refractivity contribution in [2.45, 2.75) is 52.1 Å². The molecule has 2 amide bonds. The fraction of sp³-hybridized carbons (Fsp3) is 0.812. The lowest BCUT2D eigenvalue weighted by molar-refractivity contribution is 0.0711. The number of amides is 2. The van der Waals surface area contributed by atoms with E-state index in [4.69, 9.17) is 0 Å². The maximum Gasteiger partial charge on any atom is 0.318 e. The van der Waals surface area contributed by atoms with Crippen molar-refractivity contribution in [3.8, 4) is 0 Å². The molecule has 1 saturated heterocycles. The lowest BCUT2D eigenvalue weighted by Crippen LogP contribution is -2.52. The van der Waals surface area contributed by atoms with Crippen molar-refractivity contribution < 1.29 is 4.79 Å². The van der Waals surface area contributed by atoms with E-state index in [2.05, 4.69) is 37.1 Å². The molecule has 3 nitrogen and oxygen atoms in total. The molecule has 1 aliphatic heterocycles. The summed E-state index contributed by atoms with van der Waals surface area (Å²) in [6.07, 6.45) is 6.53. The van der Waals surface area contributed by atoms with Gasteiger partial charge in [0.25, 0.3) is 0 Å². The molecule has 0 radical (unpaired) electrons. The normalized spacial score (nSPS) is 43.9. The summed E-state index contributed by atoms with van der Waals surface area (Å²) in [4.78, 5) is 14.4. The number of nitrogens with zero attached hydrogens (tertiary/aromatic N) is 1. The van der Waals surface area contributed by atoms with Crippen LogP contribution < -0.4 is 5.32 Å². The number of urea groups is 1. The first-order valence-corrected chi connectivity index (χ1v) is 7.72. The first-order valence-electron chi connectivity index (χ1n) is 7.72. The molecule has 0 aromatic rings. The highest BCUT2D eigenvalue weighted by atomic mass is 16.2. The van der Waals surface area contributed by atoms with E-state index in [-0.39, 0.29) is 17.5 Å². The van der Waals surface area contributed by atoms with Gasteiger partial charge in [0.1, 0.15) is 0 Å². The molecule has 6 aliphatic rings. The third-order valence-electron chi connectivity index (χ3n) is 5.88. The Morgan fingerprint density at radius 2 is 1.89 bits per heavy atom. The van der Waals surface area contributed by atoms with Gasteiger partial charge in [-0.05, 0) is 42.4 Å². The van der Waals surface area contributed by atoms with Crippen molar-refractivity contribution in [2.24, 2.45) is 23.2 Å². The van der Waals surface area contributed by atoms with Crippen molar-refractivity contribution in [1.82, 2.24) is 10.2 Å². The van der Waals surface area contributed by atoms with Gasteiger partial charge in [0, 0.05) is 6.54 Å². The summed E-state index contributed by atoms with van der Waals surface area (Å²) in [5.74, 6) is 2.49. The topological polar surface area (TPSA) is 32.3 Å². The predicted molar refractivity (Wildman–Crippen MR) is 74.7 cm³/mol. The lowest BCUT2D eigenvalue weighted by atomic mass is 9.52. The maximum atomic E-state index is 12.3. The quantitative estimate of drug-likeness (QED) is 0.722. The molecule has 19 heavy (non-hydrogen) atoms. The van der Waals surface area contributed by atoms with Crippen molar-refractivity contribution in [1.29, 1.82) is 0 Å². The van der Waals surface area contributed by atoms with E-state index in [1.165, 1.54) is 19.3 Å². The van der Waals surface area contributed by atoms with Gasteiger partial charge in [0.2, 0.25) is 0 Å². The molecular weight excluding hydrogens is 236 g/mol. The monoisotopic (exact) mass is 260 g/mol. The molecule has 1 heterocycles. The summed E-state index contributed by atoms with van der Waals surface area (Å²) in [7, 11) is 0. The number of carbonyl (C=O) groups is 1. The van der Waals surface area contributed by atoms with E-state index in [0.717, 1.165) is 24.3 Å². The Labute approximate surface area is 115 Å². The lowest BCUT2D eigenvalue weighted by Gasteiger charge is -2.55. The van der Waals surface area contributed by atoms with Gasteiger partial charge in [0.05, 0.1) is 12.1 Å². The third-order valence-corrected chi connectivity index (χ3v) is 5.88. The zero-order valence-electron chi connectivity index (χ0n) is 12.1. The van der Waals surface area contributed by atoms with Crippen LogP contribution in [-0.2, 0) is 0 Å². The van der Waals surface area contributed by atoms with Crippen LogP contribution in [0.5, 0.6) is 0 Å². The second-order valence-corrected chi connectivity index (χ2v) is 8.04. The Balaban J connectivity index is 1.56. The zero-order chi connectivity index (χ0) is 13.4. The summed E-state index contributed by atoms with van der Waals surface area (Å²) >= 11 is 0. The Morgan fingerprint density at radius 1 is 1.21 bits per heavy atom. The SMILES string of the molecule is CC(C)(C)[C@H]1CN(C2C=C3C4CC3CC2C4)C(=O)N1. The largest absolute Gasteiger partial charge is 0.333 e. The van der Waals surface area contributed by atoms with Gasteiger partial charge in [0.15, 0.2) is 0 Å². The standard InChI is InChI=1S/C16H24N2O/c1-16(2,3)14-8-18(15(19)17-14)13-7-12-9-4-10(12)6-11(13)5-9/h7,9-11,13-14H,4-6,8H2,1-3H3,(H,17,19)/t9?,10?,11?,13?,14-/m1/s1. The van der Waals surface area contributed by atoms with Gasteiger partial charge in [-0.1, -0.05) is 32.4 Å². The van der Waals surface area contributed by atoms with Crippen LogP contribution in [0.25, 0.3) is 0 Å².